The normalized spacial score (nSPS) is 10.9. The molecule has 6 nitrogen and oxygen atoms in total. The van der Waals surface area contributed by atoms with Gasteiger partial charge in [-0.1, -0.05) is 17.7 Å². The molecule has 22 heavy (non-hydrogen) atoms. The minimum Gasteiger partial charge on any atom is -0.376 e. The second-order valence-electron chi connectivity index (χ2n) is 5.22. The number of hydrogen-bond acceptors (Lipinski definition) is 4. The number of anilines is 1. The van der Waals surface area contributed by atoms with Gasteiger partial charge in [-0.15, -0.1) is 0 Å². The van der Waals surface area contributed by atoms with Crippen LogP contribution in [0.2, 0.25) is 0 Å². The number of nitrogens with one attached hydrogen (secondary N) is 2. The molecule has 0 bridgehead atoms. The van der Waals surface area contributed by atoms with E-state index in [1.165, 1.54) is 5.56 Å². The summed E-state index contributed by atoms with van der Waals surface area (Å²) in [5, 5.41) is 11.3. The summed E-state index contributed by atoms with van der Waals surface area (Å²) >= 11 is 0. The summed E-state index contributed by atoms with van der Waals surface area (Å²) < 4.78 is 1.79. The van der Waals surface area contributed by atoms with Crippen LogP contribution >= 0.6 is 0 Å². The first-order valence-corrected chi connectivity index (χ1v) is 7.10. The zero-order valence-corrected chi connectivity index (χ0v) is 13.3. The molecule has 0 aliphatic rings. The second kappa shape index (κ2) is 6.89. The van der Waals surface area contributed by atoms with Gasteiger partial charge in [-0.05, 0) is 32.9 Å². The third kappa shape index (κ3) is 3.94. The number of aryl methyl sites for hydroxylation is 3. The molecule has 0 atom stereocenters. The van der Waals surface area contributed by atoms with Crippen LogP contribution in [0.25, 0.3) is 0 Å². The van der Waals surface area contributed by atoms with Crippen molar-refractivity contribution in [3.05, 3.63) is 46.8 Å². The number of rotatable bonds is 5. The van der Waals surface area contributed by atoms with Crippen molar-refractivity contribution in [2.75, 3.05) is 11.9 Å². The third-order valence-electron chi connectivity index (χ3n) is 3.45. The average Bonchev–Trinajstić information content (AvgIpc) is 2.73. The molecule has 116 valence electrons. The Labute approximate surface area is 130 Å². The van der Waals surface area contributed by atoms with E-state index in [1.54, 1.807) is 10.9 Å². The van der Waals surface area contributed by atoms with Crippen LogP contribution in [0.15, 0.2) is 29.4 Å². The van der Waals surface area contributed by atoms with Gasteiger partial charge in [-0.25, -0.2) is 5.43 Å². The molecular weight excluding hydrogens is 278 g/mol. The average molecular weight is 299 g/mol. The smallest absolute Gasteiger partial charge is 0.259 e. The third-order valence-corrected chi connectivity index (χ3v) is 3.45. The Morgan fingerprint density at radius 3 is 2.55 bits per heavy atom. The lowest BCUT2D eigenvalue weighted by Gasteiger charge is -2.05. The quantitative estimate of drug-likeness (QED) is 0.654. The van der Waals surface area contributed by atoms with Gasteiger partial charge in [0.05, 0.1) is 18.5 Å². The molecular formula is C16H21N5O. The second-order valence-corrected chi connectivity index (χ2v) is 5.22. The van der Waals surface area contributed by atoms with E-state index in [0.717, 1.165) is 22.6 Å². The van der Waals surface area contributed by atoms with Gasteiger partial charge in [0.2, 0.25) is 0 Å². The lowest BCUT2D eigenvalue weighted by molar-refractivity contribution is -0.119. The van der Waals surface area contributed by atoms with Crippen molar-refractivity contribution in [2.45, 2.75) is 20.8 Å². The van der Waals surface area contributed by atoms with Crippen LogP contribution in [0.5, 0.6) is 0 Å². The maximum absolute atomic E-state index is 11.7. The van der Waals surface area contributed by atoms with Gasteiger partial charge >= 0.3 is 0 Å². The summed E-state index contributed by atoms with van der Waals surface area (Å²) in [7, 11) is 1.88. The fourth-order valence-corrected chi connectivity index (χ4v) is 2.04. The van der Waals surface area contributed by atoms with Gasteiger partial charge in [-0.3, -0.25) is 9.48 Å². The molecule has 0 fully saturated rings. The van der Waals surface area contributed by atoms with E-state index in [2.05, 4.69) is 20.9 Å². The molecule has 1 heterocycles. The van der Waals surface area contributed by atoms with Crippen molar-refractivity contribution in [1.82, 2.24) is 15.2 Å². The number of aromatic nitrogens is 2. The fourth-order valence-electron chi connectivity index (χ4n) is 2.04. The van der Waals surface area contributed by atoms with Crippen LogP contribution in [-0.2, 0) is 11.8 Å². The highest BCUT2D eigenvalue weighted by atomic mass is 16.2. The van der Waals surface area contributed by atoms with E-state index < -0.39 is 0 Å². The van der Waals surface area contributed by atoms with Crippen LogP contribution in [0.3, 0.4) is 0 Å². The Kier molecular flexibility index (Phi) is 4.93. The predicted molar refractivity (Wildman–Crippen MR) is 88.1 cm³/mol. The number of nitrogens with zero attached hydrogens (tertiary/aromatic N) is 3. The van der Waals surface area contributed by atoms with E-state index in [9.17, 15) is 4.79 Å². The number of hydrazone groups is 1. The Bertz CT molecular complexity index is 685. The van der Waals surface area contributed by atoms with Crippen molar-refractivity contribution >= 4 is 17.8 Å². The van der Waals surface area contributed by atoms with Gasteiger partial charge in [-0.2, -0.15) is 10.2 Å². The highest BCUT2D eigenvalue weighted by molar-refractivity contribution is 5.85. The van der Waals surface area contributed by atoms with Gasteiger partial charge < -0.3 is 5.32 Å². The van der Waals surface area contributed by atoms with Gasteiger partial charge in [0.15, 0.2) is 0 Å². The van der Waals surface area contributed by atoms with Gasteiger partial charge in [0.1, 0.15) is 0 Å². The molecule has 2 aromatic rings. The standard InChI is InChI=1S/C16H21N5O/c1-11-5-7-14(8-6-11)17-10-16(22)19-18-9-15-12(2)20-21(4)13(15)3/h5-9,17H,10H2,1-4H3,(H,19,22)/b18-9+. The number of amides is 1. The highest BCUT2D eigenvalue weighted by Crippen LogP contribution is 2.09. The topological polar surface area (TPSA) is 71.3 Å². The first-order chi connectivity index (χ1) is 10.5. The molecule has 1 amide bonds. The van der Waals surface area contributed by atoms with Crippen LogP contribution in [0.1, 0.15) is 22.5 Å². The van der Waals surface area contributed by atoms with Crippen LogP contribution < -0.4 is 10.7 Å². The van der Waals surface area contributed by atoms with E-state index in [4.69, 9.17) is 0 Å². The van der Waals surface area contributed by atoms with Crippen molar-refractivity contribution in [3.8, 4) is 0 Å². The largest absolute Gasteiger partial charge is 0.376 e. The molecule has 1 aromatic carbocycles. The van der Waals surface area contributed by atoms with Crippen molar-refractivity contribution < 1.29 is 4.79 Å². The molecule has 0 aliphatic carbocycles. The first-order valence-electron chi connectivity index (χ1n) is 7.10. The lowest BCUT2D eigenvalue weighted by atomic mass is 10.2. The maximum Gasteiger partial charge on any atom is 0.259 e. The number of carbonyl (C=O) groups is 1. The van der Waals surface area contributed by atoms with E-state index in [-0.39, 0.29) is 12.5 Å². The molecule has 1 aromatic heterocycles. The maximum atomic E-state index is 11.7. The first kappa shape index (κ1) is 15.8. The Morgan fingerprint density at radius 2 is 1.95 bits per heavy atom. The summed E-state index contributed by atoms with van der Waals surface area (Å²) in [5.74, 6) is -0.198. The summed E-state index contributed by atoms with van der Waals surface area (Å²) in [6, 6.07) is 7.86. The lowest BCUT2D eigenvalue weighted by Crippen LogP contribution is -2.25. The molecule has 2 N–H and O–H groups in total. The SMILES string of the molecule is Cc1ccc(NCC(=O)N/N=C/c2c(C)nn(C)c2C)cc1. The van der Waals surface area contributed by atoms with Crippen LogP contribution in [0, 0.1) is 20.8 Å². The van der Waals surface area contributed by atoms with E-state index in [0.29, 0.717) is 0 Å². The summed E-state index contributed by atoms with van der Waals surface area (Å²) in [6.07, 6.45) is 1.63. The van der Waals surface area contributed by atoms with E-state index in [1.807, 2.05) is 52.1 Å². The fraction of sp³-hybridized carbons (Fsp3) is 0.312. The Hall–Kier alpha value is -2.63. The van der Waals surface area contributed by atoms with Crippen molar-refractivity contribution in [2.24, 2.45) is 12.1 Å². The highest BCUT2D eigenvalue weighted by Gasteiger charge is 2.06. The summed E-state index contributed by atoms with van der Waals surface area (Å²) in [6.45, 7) is 6.07. The molecule has 2 rings (SSSR count). The van der Waals surface area contributed by atoms with E-state index >= 15 is 0 Å². The van der Waals surface area contributed by atoms with Gasteiger partial charge in [0.25, 0.3) is 5.91 Å². The minimum atomic E-state index is -0.198. The predicted octanol–water partition coefficient (Wildman–Crippen LogP) is 1.91. The minimum absolute atomic E-state index is 0.172. The molecule has 0 saturated heterocycles. The Balaban J connectivity index is 1.85. The Morgan fingerprint density at radius 1 is 1.27 bits per heavy atom. The molecule has 0 aliphatic heterocycles. The zero-order valence-electron chi connectivity index (χ0n) is 13.3. The molecule has 0 saturated carbocycles. The van der Waals surface area contributed by atoms with Crippen molar-refractivity contribution in [3.63, 3.8) is 0 Å². The number of carbonyl (C=O) groups excluding carboxylic acids is 1. The molecule has 0 radical (unpaired) electrons. The van der Waals surface area contributed by atoms with Crippen molar-refractivity contribution in [1.29, 1.82) is 0 Å². The van der Waals surface area contributed by atoms with Gasteiger partial charge in [0, 0.05) is 24.0 Å². The summed E-state index contributed by atoms with van der Waals surface area (Å²) in [5.41, 5.74) is 7.41. The number of benzene rings is 1. The molecule has 6 heteroatoms. The van der Waals surface area contributed by atoms with Crippen LogP contribution in [-0.4, -0.2) is 28.4 Å². The van der Waals surface area contributed by atoms with Crippen LogP contribution in [0.4, 0.5) is 5.69 Å². The molecule has 0 spiro atoms. The summed E-state index contributed by atoms with van der Waals surface area (Å²) in [4.78, 5) is 11.7. The number of hydrogen-bond donors (Lipinski definition) is 2. The monoisotopic (exact) mass is 299 g/mol. The molecule has 0 unspecified atom stereocenters. The zero-order chi connectivity index (χ0) is 16.1.